The molecule has 0 saturated heterocycles. The number of hydrogen-bond donors (Lipinski definition) is 1. The maximum absolute atomic E-state index is 12.5. The first-order valence-corrected chi connectivity index (χ1v) is 7.33. The fourth-order valence-corrected chi connectivity index (χ4v) is 2.90. The summed E-state index contributed by atoms with van der Waals surface area (Å²) in [6.45, 7) is 1.48. The van der Waals surface area contributed by atoms with Crippen LogP contribution in [0.15, 0.2) is 64.4 Å². The third-order valence-electron chi connectivity index (χ3n) is 3.94. The number of benzene rings is 2. The van der Waals surface area contributed by atoms with Gasteiger partial charge in [-0.05, 0) is 23.6 Å². The molecule has 22 heavy (non-hydrogen) atoms. The van der Waals surface area contributed by atoms with E-state index in [1.165, 1.54) is 0 Å². The lowest BCUT2D eigenvalue weighted by molar-refractivity contribution is 0.780. The van der Waals surface area contributed by atoms with Gasteiger partial charge in [0.25, 0.3) is 5.56 Å². The second kappa shape index (κ2) is 5.15. The van der Waals surface area contributed by atoms with Crippen molar-refractivity contribution in [3.8, 4) is 0 Å². The third kappa shape index (κ3) is 2.00. The third-order valence-corrected chi connectivity index (χ3v) is 3.94. The van der Waals surface area contributed by atoms with E-state index in [-0.39, 0.29) is 5.56 Å². The van der Waals surface area contributed by atoms with Crippen LogP contribution in [0.4, 0.5) is 11.5 Å². The Hall–Kier alpha value is -2.88. The monoisotopic (exact) mass is 289 g/mol. The minimum Gasteiger partial charge on any atom is -0.369 e. The quantitative estimate of drug-likeness (QED) is 0.736. The Labute approximate surface area is 127 Å². The van der Waals surface area contributed by atoms with Crippen LogP contribution < -0.4 is 10.9 Å². The van der Waals surface area contributed by atoms with Gasteiger partial charge in [-0.3, -0.25) is 14.4 Å². The Morgan fingerprint density at radius 2 is 1.73 bits per heavy atom. The topological polar surface area (TPSA) is 46.4 Å². The molecule has 0 aliphatic carbocycles. The fourth-order valence-electron chi connectivity index (χ4n) is 2.90. The molecule has 108 valence electrons. The summed E-state index contributed by atoms with van der Waals surface area (Å²) in [5.74, 6) is 0.864. The van der Waals surface area contributed by atoms with E-state index in [9.17, 15) is 4.79 Å². The van der Waals surface area contributed by atoms with Gasteiger partial charge in [0, 0.05) is 30.3 Å². The van der Waals surface area contributed by atoms with Crippen LogP contribution in [0.5, 0.6) is 0 Å². The predicted octanol–water partition coefficient (Wildman–Crippen LogP) is 3.18. The van der Waals surface area contributed by atoms with Crippen molar-refractivity contribution in [2.45, 2.75) is 6.54 Å². The van der Waals surface area contributed by atoms with Gasteiger partial charge in [-0.25, -0.2) is 0 Å². The maximum atomic E-state index is 12.5. The van der Waals surface area contributed by atoms with Crippen LogP contribution in [-0.4, -0.2) is 17.3 Å². The highest BCUT2D eigenvalue weighted by Gasteiger charge is 2.18. The van der Waals surface area contributed by atoms with Gasteiger partial charge in [0.2, 0.25) is 0 Å². The van der Waals surface area contributed by atoms with Crippen LogP contribution in [-0.2, 0) is 6.54 Å². The highest BCUT2D eigenvalue weighted by atomic mass is 16.1. The number of nitrogens with zero attached hydrogens (tertiary/aromatic N) is 2. The van der Waals surface area contributed by atoms with Crippen molar-refractivity contribution in [3.63, 3.8) is 0 Å². The molecule has 0 bridgehead atoms. The molecule has 0 fully saturated rings. The number of nitrogens with one attached hydrogen (secondary N) is 1. The van der Waals surface area contributed by atoms with Crippen LogP contribution >= 0.6 is 0 Å². The number of rotatable bonds is 2. The molecule has 4 heteroatoms. The average molecular weight is 289 g/mol. The van der Waals surface area contributed by atoms with Crippen LogP contribution in [0.1, 0.15) is 5.56 Å². The van der Waals surface area contributed by atoms with Gasteiger partial charge in [0.1, 0.15) is 5.82 Å². The largest absolute Gasteiger partial charge is 0.369 e. The van der Waals surface area contributed by atoms with E-state index < -0.39 is 0 Å². The van der Waals surface area contributed by atoms with Crippen LogP contribution in [0.2, 0.25) is 0 Å². The molecule has 0 saturated carbocycles. The molecule has 2 aromatic carbocycles. The van der Waals surface area contributed by atoms with Gasteiger partial charge >= 0.3 is 0 Å². The standard InChI is InChI=1S/C18H15N3O/c22-18-15-9-5-4-8-14(15)16(17-19-10-11-21(17)18)12-20-13-6-2-1-3-7-13/h1-9,12,19H,10-11H2. The molecule has 1 aliphatic rings. The van der Waals surface area contributed by atoms with Crippen LogP contribution in [0.25, 0.3) is 10.8 Å². The highest BCUT2D eigenvalue weighted by Crippen LogP contribution is 2.25. The van der Waals surface area contributed by atoms with Crippen molar-refractivity contribution in [1.82, 2.24) is 4.57 Å². The molecule has 3 aromatic rings. The van der Waals surface area contributed by atoms with Crippen molar-refractivity contribution in [3.05, 3.63) is 70.5 Å². The summed E-state index contributed by atoms with van der Waals surface area (Å²) in [6, 6.07) is 17.5. The Kier molecular flexibility index (Phi) is 3.00. The van der Waals surface area contributed by atoms with Gasteiger partial charge < -0.3 is 5.32 Å². The van der Waals surface area contributed by atoms with E-state index in [0.29, 0.717) is 6.54 Å². The Balaban J connectivity index is 1.96. The van der Waals surface area contributed by atoms with Crippen molar-refractivity contribution in [1.29, 1.82) is 0 Å². The molecule has 4 rings (SSSR count). The van der Waals surface area contributed by atoms with E-state index in [4.69, 9.17) is 0 Å². The Morgan fingerprint density at radius 3 is 2.55 bits per heavy atom. The smallest absolute Gasteiger partial charge is 0.260 e. The summed E-state index contributed by atoms with van der Waals surface area (Å²) in [5.41, 5.74) is 1.93. The molecular formula is C18H15N3O. The summed E-state index contributed by atoms with van der Waals surface area (Å²) in [6.07, 6.45) is 1.85. The molecule has 1 aliphatic heterocycles. The first-order chi connectivity index (χ1) is 10.8. The van der Waals surface area contributed by atoms with E-state index in [0.717, 1.165) is 34.4 Å². The SMILES string of the molecule is O=c1c2ccccc2c(C=Nc2ccccc2)c2n1CCN2. The molecule has 1 N–H and O–H groups in total. The number of pyridine rings is 1. The summed E-state index contributed by atoms with van der Waals surface area (Å²) in [7, 11) is 0. The molecule has 1 aromatic heterocycles. The lowest BCUT2D eigenvalue weighted by atomic mass is 10.1. The van der Waals surface area contributed by atoms with Gasteiger partial charge in [0.05, 0.1) is 5.69 Å². The first-order valence-electron chi connectivity index (χ1n) is 7.33. The predicted molar refractivity (Wildman–Crippen MR) is 90.4 cm³/mol. The van der Waals surface area contributed by atoms with E-state index in [2.05, 4.69) is 10.3 Å². The Morgan fingerprint density at radius 1 is 1.00 bits per heavy atom. The molecule has 0 spiro atoms. The number of anilines is 1. The lowest BCUT2D eigenvalue weighted by Crippen LogP contribution is -2.19. The number of aromatic nitrogens is 1. The summed E-state index contributed by atoms with van der Waals surface area (Å²) in [4.78, 5) is 17.1. The minimum absolute atomic E-state index is 0.0625. The van der Waals surface area contributed by atoms with E-state index in [1.807, 2.05) is 60.8 Å². The zero-order valence-electron chi connectivity index (χ0n) is 12.0. The Bertz CT molecular complexity index is 926. The van der Waals surface area contributed by atoms with Crippen LogP contribution in [0.3, 0.4) is 0 Å². The summed E-state index contributed by atoms with van der Waals surface area (Å²) < 4.78 is 1.80. The minimum atomic E-state index is 0.0625. The molecule has 0 amide bonds. The zero-order valence-corrected chi connectivity index (χ0v) is 12.0. The van der Waals surface area contributed by atoms with E-state index >= 15 is 0 Å². The number of fused-ring (bicyclic) bond motifs is 2. The molecular weight excluding hydrogens is 274 g/mol. The maximum Gasteiger partial charge on any atom is 0.260 e. The van der Waals surface area contributed by atoms with Gasteiger partial charge in [0.15, 0.2) is 0 Å². The van der Waals surface area contributed by atoms with E-state index in [1.54, 1.807) is 4.57 Å². The lowest BCUT2D eigenvalue weighted by Gasteiger charge is -2.10. The molecule has 4 nitrogen and oxygen atoms in total. The first kappa shape index (κ1) is 12.8. The number of aliphatic imine (C=N–C) groups is 1. The normalized spacial score (nSPS) is 13.5. The molecule has 2 heterocycles. The summed E-state index contributed by atoms with van der Waals surface area (Å²) >= 11 is 0. The van der Waals surface area contributed by atoms with Crippen molar-refractivity contribution < 1.29 is 0 Å². The summed E-state index contributed by atoms with van der Waals surface area (Å²) in [5, 5.41) is 4.99. The van der Waals surface area contributed by atoms with Crippen molar-refractivity contribution >= 4 is 28.5 Å². The fraction of sp³-hybridized carbons (Fsp3) is 0.111. The molecule has 0 radical (unpaired) electrons. The number of hydrogen-bond acceptors (Lipinski definition) is 3. The van der Waals surface area contributed by atoms with Crippen molar-refractivity contribution in [2.24, 2.45) is 4.99 Å². The highest BCUT2D eigenvalue weighted by molar-refractivity contribution is 6.04. The van der Waals surface area contributed by atoms with Gasteiger partial charge in [-0.15, -0.1) is 0 Å². The molecule has 0 unspecified atom stereocenters. The van der Waals surface area contributed by atoms with Crippen molar-refractivity contribution in [2.75, 3.05) is 11.9 Å². The van der Waals surface area contributed by atoms with Gasteiger partial charge in [-0.1, -0.05) is 36.4 Å². The average Bonchev–Trinajstić information content (AvgIpc) is 3.06. The number of para-hydroxylation sites is 1. The second-order valence-electron chi connectivity index (χ2n) is 5.29. The molecule has 0 atom stereocenters. The zero-order chi connectivity index (χ0) is 14.9. The van der Waals surface area contributed by atoms with Crippen LogP contribution in [0, 0.1) is 0 Å². The van der Waals surface area contributed by atoms with Gasteiger partial charge in [-0.2, -0.15) is 0 Å². The second-order valence-corrected chi connectivity index (χ2v) is 5.29.